The molecule has 0 radical (unpaired) electrons. The van der Waals surface area contributed by atoms with Gasteiger partial charge in [-0.1, -0.05) is 30.3 Å². The highest BCUT2D eigenvalue weighted by Gasteiger charge is 2.23. The van der Waals surface area contributed by atoms with E-state index in [2.05, 4.69) is 15.5 Å². The molecule has 0 saturated heterocycles. The van der Waals surface area contributed by atoms with Gasteiger partial charge in [-0.3, -0.25) is 9.89 Å². The summed E-state index contributed by atoms with van der Waals surface area (Å²) in [4.78, 5) is 14.2. The normalized spacial score (nSPS) is 13.0. The molecule has 1 amide bonds. The van der Waals surface area contributed by atoms with Gasteiger partial charge in [0.15, 0.2) is 5.69 Å². The van der Waals surface area contributed by atoms with Crippen LogP contribution in [0.3, 0.4) is 0 Å². The van der Waals surface area contributed by atoms with E-state index in [-0.39, 0.29) is 18.3 Å². The molecule has 1 aromatic carbocycles. The fraction of sp³-hybridized carbons (Fsp3) is 0.412. The van der Waals surface area contributed by atoms with Crippen LogP contribution in [0.1, 0.15) is 27.3 Å². The zero-order chi connectivity index (χ0) is 16.1. The molecule has 2 N–H and O–H groups in total. The van der Waals surface area contributed by atoms with E-state index in [4.69, 9.17) is 4.74 Å². The monoisotopic (exact) mass is 350 g/mol. The Balaban J connectivity index is 0.00000208. The molecule has 0 aliphatic carbocycles. The minimum Gasteiger partial charge on any atom is -0.375 e. The molecular formula is C17H23ClN4O2. The number of benzene rings is 1. The second-order valence-corrected chi connectivity index (χ2v) is 5.72. The molecule has 2 aromatic rings. The van der Waals surface area contributed by atoms with E-state index in [1.165, 1.54) is 0 Å². The number of ether oxygens (including phenoxy) is 1. The van der Waals surface area contributed by atoms with Crippen LogP contribution in [-0.4, -0.2) is 47.7 Å². The molecule has 24 heavy (non-hydrogen) atoms. The molecule has 0 saturated carbocycles. The quantitative estimate of drug-likeness (QED) is 0.779. The van der Waals surface area contributed by atoms with Crippen molar-refractivity contribution in [1.82, 2.24) is 20.4 Å². The number of nitrogens with zero attached hydrogens (tertiary/aromatic N) is 2. The van der Waals surface area contributed by atoms with Gasteiger partial charge in [0.1, 0.15) is 0 Å². The number of carbonyl (C=O) groups excluding carboxylic acids is 1. The summed E-state index contributed by atoms with van der Waals surface area (Å²) in [5.74, 6) is -0.0606. The molecule has 130 valence electrons. The van der Waals surface area contributed by atoms with Gasteiger partial charge in [-0.05, 0) is 5.56 Å². The molecule has 0 fully saturated rings. The third kappa shape index (κ3) is 4.35. The smallest absolute Gasteiger partial charge is 0.274 e. The lowest BCUT2D eigenvalue weighted by molar-refractivity contribution is 0.0664. The molecule has 1 aromatic heterocycles. The number of hydrogen-bond donors (Lipinski definition) is 2. The van der Waals surface area contributed by atoms with E-state index in [9.17, 15) is 4.79 Å². The molecule has 0 atom stereocenters. The van der Waals surface area contributed by atoms with Crippen molar-refractivity contribution in [2.24, 2.45) is 0 Å². The first-order valence-electron chi connectivity index (χ1n) is 7.89. The highest BCUT2D eigenvalue weighted by molar-refractivity contribution is 5.93. The largest absolute Gasteiger partial charge is 0.375 e. The van der Waals surface area contributed by atoms with Crippen LogP contribution >= 0.6 is 12.4 Å². The van der Waals surface area contributed by atoms with Crippen molar-refractivity contribution in [3.05, 3.63) is 52.8 Å². The maximum atomic E-state index is 12.5. The van der Waals surface area contributed by atoms with Gasteiger partial charge < -0.3 is 15.0 Å². The molecule has 2 heterocycles. The number of carbonyl (C=O) groups is 1. The van der Waals surface area contributed by atoms with Crippen LogP contribution < -0.4 is 5.32 Å². The predicted molar refractivity (Wildman–Crippen MR) is 94.3 cm³/mol. The fourth-order valence-electron chi connectivity index (χ4n) is 2.65. The van der Waals surface area contributed by atoms with E-state index in [1.54, 1.807) is 11.9 Å². The van der Waals surface area contributed by atoms with Crippen molar-refractivity contribution < 1.29 is 9.53 Å². The third-order valence-corrected chi connectivity index (χ3v) is 4.04. The minimum absolute atomic E-state index is 0. The number of aromatic amines is 1. The predicted octanol–water partition coefficient (Wildman–Crippen LogP) is 1.77. The Morgan fingerprint density at radius 1 is 1.33 bits per heavy atom. The van der Waals surface area contributed by atoms with Crippen LogP contribution in [0.25, 0.3) is 0 Å². The van der Waals surface area contributed by atoms with E-state index in [1.807, 2.05) is 30.3 Å². The second kappa shape index (κ2) is 8.82. The van der Waals surface area contributed by atoms with Crippen molar-refractivity contribution in [3.63, 3.8) is 0 Å². The lowest BCUT2D eigenvalue weighted by Crippen LogP contribution is -2.32. The van der Waals surface area contributed by atoms with Gasteiger partial charge in [-0.2, -0.15) is 5.10 Å². The number of hydrogen-bond acceptors (Lipinski definition) is 4. The van der Waals surface area contributed by atoms with Crippen LogP contribution in [-0.2, 0) is 24.3 Å². The summed E-state index contributed by atoms with van der Waals surface area (Å²) in [6.45, 7) is 3.23. The molecule has 0 bridgehead atoms. The van der Waals surface area contributed by atoms with Crippen LogP contribution in [0, 0.1) is 0 Å². The standard InChI is InChI=1S/C17H22N4O2.ClH/c1-21(9-10-23-12-13-5-3-2-4-6-13)17(22)16-14-11-18-8-7-15(14)19-20-16;/h2-6,18H,7-12H2,1H3,(H,19,20);1H. The maximum Gasteiger partial charge on any atom is 0.274 e. The van der Waals surface area contributed by atoms with Gasteiger partial charge >= 0.3 is 0 Å². The van der Waals surface area contributed by atoms with Gasteiger partial charge in [0, 0.05) is 44.4 Å². The lowest BCUT2D eigenvalue weighted by Gasteiger charge is -2.18. The molecule has 1 aliphatic heterocycles. The lowest BCUT2D eigenvalue weighted by atomic mass is 10.1. The summed E-state index contributed by atoms with van der Waals surface area (Å²) in [7, 11) is 1.78. The van der Waals surface area contributed by atoms with Crippen LogP contribution in [0.5, 0.6) is 0 Å². The summed E-state index contributed by atoms with van der Waals surface area (Å²) < 4.78 is 5.64. The average molecular weight is 351 g/mol. The fourth-order valence-corrected chi connectivity index (χ4v) is 2.65. The first kappa shape index (κ1) is 18.4. The van der Waals surface area contributed by atoms with Crippen molar-refractivity contribution in [1.29, 1.82) is 0 Å². The Labute approximate surface area is 148 Å². The minimum atomic E-state index is -0.0606. The van der Waals surface area contributed by atoms with Crippen molar-refractivity contribution in [2.45, 2.75) is 19.6 Å². The van der Waals surface area contributed by atoms with Crippen molar-refractivity contribution in [2.75, 3.05) is 26.7 Å². The highest BCUT2D eigenvalue weighted by atomic mass is 35.5. The van der Waals surface area contributed by atoms with Gasteiger partial charge in [0.25, 0.3) is 5.91 Å². The number of nitrogens with one attached hydrogen (secondary N) is 2. The summed E-state index contributed by atoms with van der Waals surface area (Å²) >= 11 is 0. The Kier molecular flexibility index (Phi) is 6.78. The Hall–Kier alpha value is -1.89. The molecule has 3 rings (SSSR count). The molecule has 0 unspecified atom stereocenters. The first-order chi connectivity index (χ1) is 11.3. The number of likely N-dealkylation sites (N-methyl/N-ethyl adjacent to an activating group) is 1. The Morgan fingerprint density at radius 2 is 2.12 bits per heavy atom. The van der Waals surface area contributed by atoms with Gasteiger partial charge in [-0.25, -0.2) is 0 Å². The van der Waals surface area contributed by atoms with E-state index >= 15 is 0 Å². The summed E-state index contributed by atoms with van der Waals surface area (Å²) in [6.07, 6.45) is 0.888. The zero-order valence-electron chi connectivity index (χ0n) is 13.7. The third-order valence-electron chi connectivity index (χ3n) is 4.04. The number of H-pyrrole nitrogens is 1. The van der Waals surface area contributed by atoms with E-state index in [0.717, 1.165) is 29.8 Å². The molecule has 1 aliphatic rings. The van der Waals surface area contributed by atoms with Crippen molar-refractivity contribution >= 4 is 18.3 Å². The molecule has 7 heteroatoms. The summed E-state index contributed by atoms with van der Waals surface area (Å²) in [6, 6.07) is 10.0. The molecule has 0 spiro atoms. The molecule has 6 nitrogen and oxygen atoms in total. The highest BCUT2D eigenvalue weighted by Crippen LogP contribution is 2.16. The Morgan fingerprint density at radius 3 is 2.92 bits per heavy atom. The van der Waals surface area contributed by atoms with Crippen molar-refractivity contribution in [3.8, 4) is 0 Å². The number of aromatic nitrogens is 2. The maximum absolute atomic E-state index is 12.5. The average Bonchev–Trinajstić information content (AvgIpc) is 3.03. The second-order valence-electron chi connectivity index (χ2n) is 5.72. The Bertz CT molecular complexity index is 660. The summed E-state index contributed by atoms with van der Waals surface area (Å²) in [5, 5.41) is 10.5. The van der Waals surface area contributed by atoms with Crippen LogP contribution in [0.2, 0.25) is 0 Å². The SMILES string of the molecule is CN(CCOCc1ccccc1)C(=O)c1n[nH]c2c1CNCC2.Cl. The number of halogens is 1. The number of amides is 1. The number of rotatable bonds is 6. The van der Waals surface area contributed by atoms with Gasteiger partial charge in [0.2, 0.25) is 0 Å². The van der Waals surface area contributed by atoms with Gasteiger partial charge in [0.05, 0.1) is 13.2 Å². The topological polar surface area (TPSA) is 70.2 Å². The van der Waals surface area contributed by atoms with E-state index in [0.29, 0.717) is 32.0 Å². The van der Waals surface area contributed by atoms with Gasteiger partial charge in [-0.15, -0.1) is 12.4 Å². The summed E-state index contributed by atoms with van der Waals surface area (Å²) in [5.41, 5.74) is 3.73. The van der Waals surface area contributed by atoms with Crippen LogP contribution in [0.4, 0.5) is 0 Å². The molecular weight excluding hydrogens is 328 g/mol. The first-order valence-corrected chi connectivity index (χ1v) is 7.89. The van der Waals surface area contributed by atoms with E-state index < -0.39 is 0 Å². The zero-order valence-corrected chi connectivity index (χ0v) is 14.6. The number of fused-ring (bicyclic) bond motifs is 1. The van der Waals surface area contributed by atoms with Crippen LogP contribution in [0.15, 0.2) is 30.3 Å².